The molecule has 18 nitrogen and oxygen atoms in total. The minimum atomic E-state index is -1.77. The summed E-state index contributed by atoms with van der Waals surface area (Å²) in [5.41, 5.74) is 0.658. The molecular formula is C31H42O18. The number of hydrogen-bond acceptors (Lipinski definition) is 18. The summed E-state index contributed by atoms with van der Waals surface area (Å²) in [5.74, 6) is -3.47. The highest BCUT2D eigenvalue weighted by Gasteiger charge is 2.48. The number of aliphatic hydroxyl groups excluding tert-OH is 7. The van der Waals surface area contributed by atoms with Gasteiger partial charge in [0, 0.05) is 11.5 Å². The van der Waals surface area contributed by atoms with Crippen LogP contribution in [0.3, 0.4) is 0 Å². The second-order valence-electron chi connectivity index (χ2n) is 11.6. The molecule has 274 valence electrons. The van der Waals surface area contributed by atoms with Crippen LogP contribution in [0.2, 0.25) is 0 Å². The maximum Gasteiger partial charge on any atom is 0.337 e. The molecule has 1 aromatic carbocycles. The topological polar surface area (TPSA) is 281 Å². The molecule has 49 heavy (non-hydrogen) atoms. The standard InChI is InChI=1S/C31H42O18/c1-3-14-15(16(28(42)43-2)11-46-29(14)49-31-27(41)24(38)22(36)19(10-32)47-31)9-21(35)45-12-20-23(37)25(39)26(40)30(48-20)44-7-6-13-4-5-17(33)18(34)8-13/h3-5,8,11,15,19-20,22-27,29-34,36-41H,6-7,9-10,12H2,1-2H3/b14-3+/t15-,19+,20+,22+,23+,24-,25-,26+,27+,29-,30+,31-/m0/s1. The molecule has 0 aromatic heterocycles. The van der Waals surface area contributed by atoms with Crippen LogP contribution >= 0.6 is 0 Å². The number of allylic oxidation sites excluding steroid dienone is 1. The lowest BCUT2D eigenvalue weighted by atomic mass is 9.86. The predicted octanol–water partition coefficient (Wildman–Crippen LogP) is -2.81. The third-order valence-electron chi connectivity index (χ3n) is 8.39. The molecule has 12 atom stereocenters. The summed E-state index contributed by atoms with van der Waals surface area (Å²) >= 11 is 0. The number of ether oxygens (including phenoxy) is 7. The number of rotatable bonds is 12. The van der Waals surface area contributed by atoms with Crippen molar-refractivity contribution in [2.75, 3.05) is 26.9 Å². The van der Waals surface area contributed by atoms with Crippen LogP contribution < -0.4 is 0 Å². The zero-order valence-corrected chi connectivity index (χ0v) is 26.5. The number of carbonyl (C=O) groups is 2. The number of hydrogen-bond donors (Lipinski definition) is 9. The summed E-state index contributed by atoms with van der Waals surface area (Å²) < 4.78 is 37.9. The van der Waals surface area contributed by atoms with Gasteiger partial charge in [0.05, 0.1) is 38.6 Å². The van der Waals surface area contributed by atoms with Crippen molar-refractivity contribution in [3.63, 3.8) is 0 Å². The summed E-state index contributed by atoms with van der Waals surface area (Å²) in [6.45, 7) is 0.170. The molecule has 3 aliphatic rings. The molecule has 3 aliphatic heterocycles. The maximum atomic E-state index is 13.1. The Kier molecular flexibility index (Phi) is 13.3. The molecule has 18 heteroatoms. The number of carbonyl (C=O) groups excluding carboxylic acids is 2. The van der Waals surface area contributed by atoms with Crippen molar-refractivity contribution >= 4 is 11.9 Å². The second-order valence-corrected chi connectivity index (χ2v) is 11.6. The third-order valence-corrected chi connectivity index (χ3v) is 8.39. The van der Waals surface area contributed by atoms with E-state index in [0.717, 1.165) is 13.4 Å². The summed E-state index contributed by atoms with van der Waals surface area (Å²) in [5, 5.41) is 90.5. The number of benzene rings is 1. The first-order chi connectivity index (χ1) is 23.3. The van der Waals surface area contributed by atoms with Crippen molar-refractivity contribution in [2.24, 2.45) is 5.92 Å². The number of esters is 2. The number of aliphatic hydroxyl groups is 7. The molecule has 2 saturated heterocycles. The first-order valence-electron chi connectivity index (χ1n) is 15.3. The van der Waals surface area contributed by atoms with Gasteiger partial charge in [-0.15, -0.1) is 0 Å². The van der Waals surface area contributed by atoms with Crippen molar-refractivity contribution < 1.29 is 88.7 Å². The van der Waals surface area contributed by atoms with Crippen molar-refractivity contribution in [3.05, 3.63) is 47.2 Å². The van der Waals surface area contributed by atoms with Crippen LogP contribution in [0.15, 0.2) is 41.7 Å². The molecule has 0 amide bonds. The highest BCUT2D eigenvalue weighted by Crippen LogP contribution is 2.36. The van der Waals surface area contributed by atoms with Gasteiger partial charge >= 0.3 is 11.9 Å². The Morgan fingerprint density at radius 3 is 2.16 bits per heavy atom. The lowest BCUT2D eigenvalue weighted by Gasteiger charge is -2.42. The summed E-state index contributed by atoms with van der Waals surface area (Å²) in [6.07, 6.45) is -15.1. The smallest absolute Gasteiger partial charge is 0.337 e. The van der Waals surface area contributed by atoms with Crippen LogP contribution in [0.1, 0.15) is 18.9 Å². The lowest BCUT2D eigenvalue weighted by molar-refractivity contribution is -0.327. The van der Waals surface area contributed by atoms with E-state index < -0.39 is 105 Å². The monoisotopic (exact) mass is 702 g/mol. The van der Waals surface area contributed by atoms with E-state index in [1.54, 1.807) is 13.0 Å². The van der Waals surface area contributed by atoms with Crippen LogP contribution in [0.4, 0.5) is 0 Å². The quantitative estimate of drug-likeness (QED) is 0.0604. The Morgan fingerprint density at radius 2 is 1.53 bits per heavy atom. The SMILES string of the molecule is C/C=C1/[C@H](O[C@@H]2O[C@H](CO)[C@@H](O)[C@H](O)[C@H]2O)OC=C(C(=O)OC)[C@H]1CC(=O)OC[C@H]1O[C@@H](OCCc2ccc(O)c(O)c2)[C@H](O)[C@@H](O)[C@@H]1O. The fourth-order valence-corrected chi connectivity index (χ4v) is 5.54. The molecule has 0 saturated carbocycles. The molecule has 4 rings (SSSR count). The van der Waals surface area contributed by atoms with Gasteiger partial charge in [-0.25, -0.2) is 4.79 Å². The van der Waals surface area contributed by atoms with Crippen LogP contribution in [0.25, 0.3) is 0 Å². The van der Waals surface area contributed by atoms with Gasteiger partial charge in [-0.1, -0.05) is 12.1 Å². The van der Waals surface area contributed by atoms with E-state index in [9.17, 15) is 55.5 Å². The predicted molar refractivity (Wildman–Crippen MR) is 159 cm³/mol. The zero-order valence-electron chi connectivity index (χ0n) is 26.5. The van der Waals surface area contributed by atoms with E-state index in [0.29, 0.717) is 5.56 Å². The molecule has 9 N–H and O–H groups in total. The normalized spacial score (nSPS) is 35.7. The van der Waals surface area contributed by atoms with Crippen LogP contribution in [-0.4, -0.2) is 153 Å². The van der Waals surface area contributed by atoms with Gasteiger partial charge in [0.2, 0.25) is 6.29 Å². The lowest BCUT2D eigenvalue weighted by Crippen LogP contribution is -2.60. The summed E-state index contributed by atoms with van der Waals surface area (Å²) in [6, 6.07) is 4.15. The number of aromatic hydroxyl groups is 2. The van der Waals surface area contributed by atoms with Crippen LogP contribution in [-0.2, 0) is 49.2 Å². The fourth-order valence-electron chi connectivity index (χ4n) is 5.54. The zero-order chi connectivity index (χ0) is 36.0. The van der Waals surface area contributed by atoms with E-state index >= 15 is 0 Å². The fraction of sp³-hybridized carbons (Fsp3) is 0.613. The molecule has 0 spiro atoms. The Labute approximate surface area is 279 Å². The number of methoxy groups -OCH3 is 1. The summed E-state index contributed by atoms with van der Waals surface area (Å²) in [4.78, 5) is 25.7. The highest BCUT2D eigenvalue weighted by molar-refractivity contribution is 5.90. The van der Waals surface area contributed by atoms with E-state index in [4.69, 9.17) is 33.2 Å². The van der Waals surface area contributed by atoms with Gasteiger partial charge in [-0.2, -0.15) is 0 Å². The molecule has 0 bridgehead atoms. The van der Waals surface area contributed by atoms with E-state index in [1.165, 1.54) is 18.2 Å². The van der Waals surface area contributed by atoms with Crippen molar-refractivity contribution in [2.45, 2.75) is 87.5 Å². The Hall–Kier alpha value is -3.40. The summed E-state index contributed by atoms with van der Waals surface area (Å²) in [7, 11) is 1.11. The van der Waals surface area contributed by atoms with E-state index in [1.807, 2.05) is 0 Å². The van der Waals surface area contributed by atoms with Gasteiger partial charge in [0.15, 0.2) is 24.1 Å². The maximum absolute atomic E-state index is 13.1. The minimum absolute atomic E-state index is 0.0633. The van der Waals surface area contributed by atoms with E-state index in [-0.39, 0.29) is 35.7 Å². The molecule has 0 radical (unpaired) electrons. The third kappa shape index (κ3) is 8.86. The van der Waals surface area contributed by atoms with Crippen molar-refractivity contribution in [3.8, 4) is 11.5 Å². The van der Waals surface area contributed by atoms with Gasteiger partial charge in [0.1, 0.15) is 55.4 Å². The molecule has 0 aliphatic carbocycles. The first kappa shape index (κ1) is 38.4. The van der Waals surface area contributed by atoms with Gasteiger partial charge in [0.25, 0.3) is 0 Å². The largest absolute Gasteiger partial charge is 0.504 e. The Bertz CT molecular complexity index is 1350. The molecule has 2 fully saturated rings. The average Bonchev–Trinajstić information content (AvgIpc) is 3.09. The van der Waals surface area contributed by atoms with E-state index in [2.05, 4.69) is 0 Å². The highest BCUT2D eigenvalue weighted by atomic mass is 16.8. The Morgan fingerprint density at radius 1 is 0.878 bits per heavy atom. The van der Waals surface area contributed by atoms with Gasteiger partial charge in [-0.05, 0) is 31.0 Å². The van der Waals surface area contributed by atoms with Gasteiger partial charge < -0.3 is 79.1 Å². The molecule has 1 aromatic rings. The van der Waals surface area contributed by atoms with Crippen LogP contribution in [0.5, 0.6) is 11.5 Å². The molecule has 0 unspecified atom stereocenters. The number of phenolic OH excluding ortho intramolecular Hbond substituents is 2. The number of phenols is 2. The second kappa shape index (κ2) is 17.0. The Balaban J connectivity index is 1.39. The first-order valence-corrected chi connectivity index (χ1v) is 15.3. The molecule has 3 heterocycles. The van der Waals surface area contributed by atoms with Crippen LogP contribution in [0, 0.1) is 5.92 Å². The average molecular weight is 703 g/mol. The van der Waals surface area contributed by atoms with Gasteiger partial charge in [-0.3, -0.25) is 4.79 Å². The van der Waals surface area contributed by atoms with Crippen molar-refractivity contribution in [1.82, 2.24) is 0 Å². The molecular weight excluding hydrogens is 660 g/mol. The minimum Gasteiger partial charge on any atom is -0.504 e. The van der Waals surface area contributed by atoms with Crippen molar-refractivity contribution in [1.29, 1.82) is 0 Å².